The Labute approximate surface area is 369 Å². The third kappa shape index (κ3) is 33.2. The first-order valence-corrected chi connectivity index (χ1v) is 19.4. The second kappa shape index (κ2) is 38.7. The number of anilines is 1. The van der Waals surface area contributed by atoms with E-state index in [1.165, 1.54) is 12.5 Å². The number of hydrogen-bond donors (Lipinski definition) is 7. The van der Waals surface area contributed by atoms with Gasteiger partial charge in [-0.05, 0) is 31.9 Å². The molecule has 58 heavy (non-hydrogen) atoms. The fourth-order valence-electron chi connectivity index (χ4n) is 4.20. The topological polar surface area (TPSA) is 267 Å². The molecule has 18 nitrogen and oxygen atoms in total. The predicted molar refractivity (Wildman–Crippen MR) is 218 cm³/mol. The van der Waals surface area contributed by atoms with Gasteiger partial charge < -0.3 is 52.6 Å². The van der Waals surface area contributed by atoms with Gasteiger partial charge in [0.05, 0.1) is 25.7 Å². The van der Waals surface area contributed by atoms with Crippen LogP contribution in [0.2, 0.25) is 0 Å². The van der Waals surface area contributed by atoms with E-state index >= 15 is 0 Å². The van der Waals surface area contributed by atoms with Crippen LogP contribution in [0.4, 0.5) is 5.69 Å². The number of ketones is 1. The smallest absolute Gasteiger partial charge is 0.308 e. The number of carbonyl (C=O) groups excluding carboxylic acids is 8. The van der Waals surface area contributed by atoms with Crippen LogP contribution in [0.15, 0.2) is 18.2 Å². The van der Waals surface area contributed by atoms with Gasteiger partial charge in [0.25, 0.3) is 5.91 Å². The molecule has 1 unspecified atom stereocenters. The number of ether oxygens (including phenoxy) is 2. The molecule has 0 bridgehead atoms. The van der Waals surface area contributed by atoms with Crippen molar-refractivity contribution in [2.45, 2.75) is 106 Å². The van der Waals surface area contributed by atoms with Gasteiger partial charge in [-0.2, -0.15) is 0 Å². The van der Waals surface area contributed by atoms with Crippen LogP contribution in [-0.4, -0.2) is 100 Å². The summed E-state index contributed by atoms with van der Waals surface area (Å²) in [6, 6.07) is 4.46. The van der Waals surface area contributed by atoms with Gasteiger partial charge in [0.15, 0.2) is 0 Å². The summed E-state index contributed by atoms with van der Waals surface area (Å²) in [7, 11) is 0. The zero-order chi connectivity index (χ0) is 43.4. The predicted octanol–water partition coefficient (Wildman–Crippen LogP) is 2.40. The molecule has 0 aliphatic rings. The molecule has 327 valence electrons. The number of carbonyl (C=O) groups is 8. The summed E-state index contributed by atoms with van der Waals surface area (Å²) < 4.78 is 10.6. The van der Waals surface area contributed by atoms with Gasteiger partial charge in [0.1, 0.15) is 12.4 Å². The van der Waals surface area contributed by atoms with Crippen molar-refractivity contribution in [1.29, 1.82) is 0 Å². The average molecular weight is 897 g/mol. The maximum absolute atomic E-state index is 12.8. The number of unbranched alkanes of at least 4 members (excludes halogenated alkanes) is 1. The third-order valence-electron chi connectivity index (χ3n) is 7.36. The fourth-order valence-corrected chi connectivity index (χ4v) is 4.20. The average Bonchev–Trinajstić information content (AvgIpc) is 3.17. The first kappa shape index (κ1) is 58.5. The monoisotopic (exact) mass is 896 g/mol. The van der Waals surface area contributed by atoms with E-state index in [4.69, 9.17) is 15.3 Å². The van der Waals surface area contributed by atoms with Crippen LogP contribution in [0.25, 0.3) is 5.43 Å². The van der Waals surface area contributed by atoms with E-state index in [1.807, 2.05) is 13.8 Å². The van der Waals surface area contributed by atoms with E-state index in [9.17, 15) is 38.4 Å². The number of Topliss-reactive ketones (excluding diaryl/α,β-unsaturated/α-hetero) is 1. The number of nitrogens with zero attached hydrogens (tertiary/aromatic N) is 1. The molecule has 8 N–H and O–H groups in total. The zero-order valence-corrected chi connectivity index (χ0v) is 38.2. The van der Waals surface area contributed by atoms with Crippen molar-refractivity contribution in [2.75, 3.05) is 51.3 Å². The quantitative estimate of drug-likeness (QED) is 0.0211. The van der Waals surface area contributed by atoms with Gasteiger partial charge in [-0.1, -0.05) is 60.5 Å². The summed E-state index contributed by atoms with van der Waals surface area (Å²) in [6.07, 6.45) is 5.06. The second-order valence-corrected chi connectivity index (χ2v) is 13.4. The minimum absolute atomic E-state index is 0. The number of nitrogens with two attached hydrogens (primary N) is 1. The molecular weight excluding hydrogens is 829 g/mol. The van der Waals surface area contributed by atoms with Gasteiger partial charge in [0, 0.05) is 100 Å². The van der Waals surface area contributed by atoms with Crippen LogP contribution in [0.3, 0.4) is 0 Å². The van der Waals surface area contributed by atoms with Crippen LogP contribution >= 0.6 is 0 Å². The fraction of sp³-hybridized carbons (Fsp3) is 0.641. The summed E-state index contributed by atoms with van der Waals surface area (Å²) in [4.78, 5) is 91.9. The van der Waals surface area contributed by atoms with Crippen LogP contribution in [-0.2, 0) is 82.4 Å². The van der Waals surface area contributed by atoms with Crippen molar-refractivity contribution in [3.63, 3.8) is 0 Å². The maximum Gasteiger partial charge on any atom is 0.308 e. The molecule has 0 aliphatic carbocycles. The number of amides is 6. The Morgan fingerprint density at radius 1 is 0.793 bits per heavy atom. The number of nitrogens with one attached hydrogen (secondary N) is 6. The summed E-state index contributed by atoms with van der Waals surface area (Å²) in [6.45, 7) is 15.1. The van der Waals surface area contributed by atoms with Crippen molar-refractivity contribution in [3.8, 4) is 0 Å². The molecule has 0 aromatic heterocycles. The van der Waals surface area contributed by atoms with Gasteiger partial charge in [-0.25, -0.2) is 0 Å². The summed E-state index contributed by atoms with van der Waals surface area (Å²) in [5.74, 6) is 3.25. The van der Waals surface area contributed by atoms with Crippen molar-refractivity contribution in [1.82, 2.24) is 26.6 Å². The van der Waals surface area contributed by atoms with Crippen molar-refractivity contribution >= 4 is 53.9 Å². The molecule has 1 aromatic carbocycles. The molecule has 6 amide bonds. The number of benzene rings is 1. The second-order valence-electron chi connectivity index (χ2n) is 13.4. The van der Waals surface area contributed by atoms with Crippen molar-refractivity contribution in [3.05, 3.63) is 34.8 Å². The number of rotatable bonds is 28. The molecule has 1 aromatic rings. The largest absolute Gasteiger partial charge is 0.600 e. The van der Waals surface area contributed by atoms with E-state index in [2.05, 4.69) is 51.2 Å². The summed E-state index contributed by atoms with van der Waals surface area (Å²) >= 11 is 0. The Kier molecular flexibility index (Phi) is 39.0. The Hall–Kier alpha value is -3.84. The molecule has 1 atom stereocenters. The maximum atomic E-state index is 12.8. The number of esters is 1. The molecule has 0 saturated carbocycles. The Morgan fingerprint density at radius 2 is 1.43 bits per heavy atom. The molecule has 0 heterocycles. The van der Waals surface area contributed by atoms with E-state index in [1.54, 1.807) is 32.9 Å². The number of hydrogen-bond acceptors (Lipinski definition) is 11. The summed E-state index contributed by atoms with van der Waals surface area (Å²) in [5, 5.41) is 15.6. The van der Waals surface area contributed by atoms with E-state index < -0.39 is 11.9 Å². The Morgan fingerprint density at radius 3 is 2.03 bits per heavy atom. The normalized spacial score (nSPS) is 10.5. The third-order valence-corrected chi connectivity index (χ3v) is 7.36. The minimum Gasteiger partial charge on any atom is -0.600 e. The Balaban J connectivity index is -0.00000149. The van der Waals surface area contributed by atoms with E-state index in [0.29, 0.717) is 56.6 Å². The molecule has 0 saturated heterocycles. The van der Waals surface area contributed by atoms with E-state index in [-0.39, 0.29) is 125 Å². The molecular formula is C39H67N8O10Y-. The minimum atomic E-state index is -0.448. The molecule has 0 aliphatic heterocycles. The van der Waals surface area contributed by atoms with E-state index in [0.717, 1.165) is 12.8 Å². The van der Waals surface area contributed by atoms with Crippen LogP contribution in [0.5, 0.6) is 0 Å². The van der Waals surface area contributed by atoms with Gasteiger partial charge in [-0.15, -0.1) is 6.54 Å². The molecule has 1 radical (unpaired) electrons. The van der Waals surface area contributed by atoms with Crippen LogP contribution < -0.4 is 37.7 Å². The molecule has 19 heteroatoms. The van der Waals surface area contributed by atoms with Gasteiger partial charge >= 0.3 is 5.97 Å². The van der Waals surface area contributed by atoms with Crippen LogP contribution in [0, 0.1) is 11.8 Å². The first-order chi connectivity index (χ1) is 27.2. The zero-order valence-electron chi connectivity index (χ0n) is 35.4. The van der Waals surface area contributed by atoms with Gasteiger partial charge in [0.2, 0.25) is 30.5 Å². The standard InChI is InChI=1S/C29H44N4O8.C7H15N4O2.C3H8.Y/c1-19(2)25(35)10-14-40-15-11-27(37)33-21(5)6-9-26(36)30-12-13-31-28(38)24-16-23(32-18-34)8-7-22(24)17-41-29(39)20(3)4;8-11-4-2-1-3-10-7(13)5-9-6-12;1-3-2;/h7-8,16,18-21H,6,9-15,17H2,1-5H3,(H,30,36)(H,31,38)(H,32,34)(H,33,37);6H,1-5,8H2,(H,9,12)(H,10,13);3H2,1-2H3;/q;-1;;. The first-order valence-electron chi connectivity index (χ1n) is 19.4. The molecule has 0 fully saturated rings. The van der Waals surface area contributed by atoms with Crippen molar-refractivity contribution in [2.24, 2.45) is 17.7 Å². The van der Waals surface area contributed by atoms with Crippen LogP contribution in [0.1, 0.15) is 109 Å². The summed E-state index contributed by atoms with van der Waals surface area (Å²) in [5.41, 5.74) is 4.55. The van der Waals surface area contributed by atoms with Crippen molar-refractivity contribution < 1.29 is 80.5 Å². The molecule has 1 rings (SSSR count). The Bertz CT molecular complexity index is 1350. The molecule has 0 spiro atoms. The van der Waals surface area contributed by atoms with Gasteiger partial charge in [-0.3, -0.25) is 38.4 Å². The SMILES string of the molecule is CC(CCC(=O)NCCNC(=O)c1cc(NC=O)ccc1COC(=O)C(C)C)NC(=O)CCOCCC(=O)C(C)C.CCC.N[N-]CCCCNC(=O)CNC=O.[Y].